The molecule has 2 aromatic heterocycles. The number of H-pyrrole nitrogens is 1. The molecule has 5 heteroatoms. The fourth-order valence-electron chi connectivity index (χ4n) is 1.80. The van der Waals surface area contributed by atoms with Gasteiger partial charge in [0.2, 0.25) is 11.8 Å². The van der Waals surface area contributed by atoms with E-state index in [0.29, 0.717) is 11.4 Å². The summed E-state index contributed by atoms with van der Waals surface area (Å²) in [6.07, 6.45) is 0. The topological polar surface area (TPSA) is 74.6 Å². The zero-order valence-electron chi connectivity index (χ0n) is 10.2. The third-order valence-electron chi connectivity index (χ3n) is 2.69. The van der Waals surface area contributed by atoms with Crippen LogP contribution in [0.1, 0.15) is 11.3 Å². The Balaban J connectivity index is 2.09. The molecule has 0 saturated carbocycles. The summed E-state index contributed by atoms with van der Waals surface area (Å²) in [7, 11) is 0. The van der Waals surface area contributed by atoms with Crippen molar-refractivity contribution in [3.63, 3.8) is 0 Å². The molecule has 3 rings (SSSR count). The smallest absolute Gasteiger partial charge is 0.240 e. The molecule has 0 saturated heterocycles. The number of rotatable bonds is 2. The highest BCUT2D eigenvalue weighted by molar-refractivity contribution is 5.80. The third kappa shape index (κ3) is 2.11. The first-order valence-corrected chi connectivity index (χ1v) is 5.76. The summed E-state index contributed by atoms with van der Waals surface area (Å²) < 4.78 is 5.55. The van der Waals surface area contributed by atoms with Crippen LogP contribution in [0.25, 0.3) is 10.9 Å². The Bertz CT molecular complexity index is 785. The van der Waals surface area contributed by atoms with Crippen LogP contribution in [0, 0.1) is 18.3 Å². The fraction of sp³-hybridized carbons (Fsp3) is 0.0714. The van der Waals surface area contributed by atoms with Gasteiger partial charge in [0, 0.05) is 17.1 Å². The highest BCUT2D eigenvalue weighted by Gasteiger charge is 2.10. The standard InChI is InChI=1S/C14H10N4O/c1-9-6-13(18-17-9)19-14-11(8-15)7-10-4-2-3-5-12(10)16-14/h2-7H,1H3,(H,17,18). The van der Waals surface area contributed by atoms with Crippen molar-refractivity contribution in [3.8, 4) is 17.8 Å². The highest BCUT2D eigenvalue weighted by Crippen LogP contribution is 2.25. The number of nitrogens with one attached hydrogen (secondary N) is 1. The number of pyridine rings is 1. The Morgan fingerprint density at radius 3 is 2.84 bits per heavy atom. The van der Waals surface area contributed by atoms with E-state index in [0.717, 1.165) is 16.6 Å². The fourth-order valence-corrected chi connectivity index (χ4v) is 1.80. The number of aromatic amines is 1. The lowest BCUT2D eigenvalue weighted by Crippen LogP contribution is -1.93. The summed E-state index contributed by atoms with van der Waals surface area (Å²) in [4.78, 5) is 4.35. The summed E-state index contributed by atoms with van der Waals surface area (Å²) in [5.74, 6) is 0.671. The van der Waals surface area contributed by atoms with Crippen molar-refractivity contribution < 1.29 is 4.74 Å². The normalized spacial score (nSPS) is 10.3. The van der Waals surface area contributed by atoms with E-state index in [1.54, 1.807) is 12.1 Å². The van der Waals surface area contributed by atoms with Crippen LogP contribution in [0.4, 0.5) is 0 Å². The van der Waals surface area contributed by atoms with Crippen molar-refractivity contribution in [1.29, 1.82) is 5.26 Å². The molecule has 0 unspecified atom stereocenters. The van der Waals surface area contributed by atoms with Gasteiger partial charge in [-0.15, -0.1) is 5.10 Å². The first-order valence-electron chi connectivity index (χ1n) is 5.76. The number of ether oxygens (including phenoxy) is 1. The average molecular weight is 250 g/mol. The minimum absolute atomic E-state index is 0.271. The number of aromatic nitrogens is 3. The van der Waals surface area contributed by atoms with Crippen LogP contribution in [0.5, 0.6) is 11.8 Å². The summed E-state index contributed by atoms with van der Waals surface area (Å²) in [6, 6.07) is 13.2. The van der Waals surface area contributed by atoms with E-state index in [-0.39, 0.29) is 5.88 Å². The number of benzene rings is 1. The van der Waals surface area contributed by atoms with Crippen molar-refractivity contribution in [2.24, 2.45) is 0 Å². The molecule has 5 nitrogen and oxygen atoms in total. The van der Waals surface area contributed by atoms with Gasteiger partial charge in [0.05, 0.1) is 5.52 Å². The van der Waals surface area contributed by atoms with Crippen molar-refractivity contribution in [2.45, 2.75) is 6.92 Å². The maximum Gasteiger partial charge on any atom is 0.240 e. The summed E-state index contributed by atoms with van der Waals surface area (Å²) >= 11 is 0. The third-order valence-corrected chi connectivity index (χ3v) is 2.69. The summed E-state index contributed by atoms with van der Waals surface area (Å²) in [6.45, 7) is 1.87. The van der Waals surface area contributed by atoms with Crippen LogP contribution >= 0.6 is 0 Å². The predicted molar refractivity (Wildman–Crippen MR) is 69.9 cm³/mol. The molecule has 0 fully saturated rings. The van der Waals surface area contributed by atoms with E-state index in [9.17, 15) is 0 Å². The van der Waals surface area contributed by atoms with Gasteiger partial charge in [-0.3, -0.25) is 5.10 Å². The number of fused-ring (bicyclic) bond motifs is 1. The second-order valence-corrected chi connectivity index (χ2v) is 4.14. The van der Waals surface area contributed by atoms with Crippen LogP contribution < -0.4 is 4.74 Å². The Morgan fingerprint density at radius 1 is 1.26 bits per heavy atom. The molecule has 0 aliphatic rings. The van der Waals surface area contributed by atoms with Gasteiger partial charge in [0.25, 0.3) is 0 Å². The maximum absolute atomic E-state index is 9.16. The van der Waals surface area contributed by atoms with E-state index in [4.69, 9.17) is 10.00 Å². The van der Waals surface area contributed by atoms with Gasteiger partial charge >= 0.3 is 0 Å². The molecule has 92 valence electrons. The van der Waals surface area contributed by atoms with E-state index >= 15 is 0 Å². The Hall–Kier alpha value is -2.87. The monoisotopic (exact) mass is 250 g/mol. The molecule has 3 aromatic rings. The molecular formula is C14H10N4O. The number of nitrogens with zero attached hydrogens (tertiary/aromatic N) is 3. The SMILES string of the molecule is Cc1cc(Oc2nc3ccccc3cc2C#N)n[nH]1. The highest BCUT2D eigenvalue weighted by atomic mass is 16.5. The van der Waals surface area contributed by atoms with Crippen LogP contribution in [-0.4, -0.2) is 15.2 Å². The molecule has 2 heterocycles. The van der Waals surface area contributed by atoms with Gasteiger partial charge in [0.1, 0.15) is 11.6 Å². The molecular weight excluding hydrogens is 240 g/mol. The predicted octanol–water partition coefficient (Wildman–Crippen LogP) is 2.93. The van der Waals surface area contributed by atoms with Crippen LogP contribution in [0.15, 0.2) is 36.4 Å². The van der Waals surface area contributed by atoms with Gasteiger partial charge in [-0.1, -0.05) is 18.2 Å². The lowest BCUT2D eigenvalue weighted by Gasteiger charge is -2.05. The molecule has 0 aliphatic carbocycles. The quantitative estimate of drug-likeness (QED) is 0.758. The first kappa shape index (κ1) is 11.2. The second-order valence-electron chi connectivity index (χ2n) is 4.14. The summed E-state index contributed by atoms with van der Waals surface area (Å²) in [5, 5.41) is 16.8. The minimum Gasteiger partial charge on any atom is -0.418 e. The van der Waals surface area contributed by atoms with E-state index in [1.165, 1.54) is 0 Å². The van der Waals surface area contributed by atoms with E-state index in [2.05, 4.69) is 21.3 Å². The lowest BCUT2D eigenvalue weighted by atomic mass is 10.1. The zero-order valence-corrected chi connectivity index (χ0v) is 10.2. The molecule has 0 spiro atoms. The van der Waals surface area contributed by atoms with Crippen LogP contribution in [0.3, 0.4) is 0 Å². The van der Waals surface area contributed by atoms with Crippen molar-refractivity contribution in [3.05, 3.63) is 47.7 Å². The van der Waals surface area contributed by atoms with Crippen molar-refractivity contribution in [1.82, 2.24) is 15.2 Å². The number of hydrogen-bond acceptors (Lipinski definition) is 4. The van der Waals surface area contributed by atoms with Gasteiger partial charge in [-0.2, -0.15) is 5.26 Å². The molecule has 0 aliphatic heterocycles. The maximum atomic E-state index is 9.16. The Morgan fingerprint density at radius 2 is 2.11 bits per heavy atom. The Kier molecular flexibility index (Phi) is 2.62. The van der Waals surface area contributed by atoms with Crippen LogP contribution in [0.2, 0.25) is 0 Å². The largest absolute Gasteiger partial charge is 0.418 e. The number of para-hydroxylation sites is 1. The Labute approximate surface area is 109 Å². The number of nitriles is 1. The van der Waals surface area contributed by atoms with E-state index < -0.39 is 0 Å². The van der Waals surface area contributed by atoms with Crippen molar-refractivity contribution >= 4 is 10.9 Å². The first-order chi connectivity index (χ1) is 9.26. The van der Waals surface area contributed by atoms with Crippen molar-refractivity contribution in [2.75, 3.05) is 0 Å². The molecule has 0 bridgehead atoms. The van der Waals surface area contributed by atoms with Gasteiger partial charge in [0.15, 0.2) is 0 Å². The van der Waals surface area contributed by atoms with E-state index in [1.807, 2.05) is 31.2 Å². The van der Waals surface area contributed by atoms with Crippen LogP contribution in [-0.2, 0) is 0 Å². The number of aryl methyl sites for hydroxylation is 1. The molecule has 0 radical (unpaired) electrons. The minimum atomic E-state index is 0.271. The summed E-state index contributed by atoms with van der Waals surface area (Å²) in [5.41, 5.74) is 2.05. The molecule has 0 amide bonds. The molecule has 1 N–H and O–H groups in total. The zero-order chi connectivity index (χ0) is 13.2. The second kappa shape index (κ2) is 4.42. The molecule has 1 aromatic carbocycles. The molecule has 0 atom stereocenters. The number of hydrogen-bond donors (Lipinski definition) is 1. The van der Waals surface area contributed by atoms with Gasteiger partial charge < -0.3 is 4.74 Å². The molecule has 19 heavy (non-hydrogen) atoms. The van der Waals surface area contributed by atoms with Gasteiger partial charge in [-0.05, 0) is 19.1 Å². The van der Waals surface area contributed by atoms with Gasteiger partial charge in [-0.25, -0.2) is 4.98 Å². The average Bonchev–Trinajstić information content (AvgIpc) is 2.83. The lowest BCUT2D eigenvalue weighted by molar-refractivity contribution is 0.444.